The van der Waals surface area contributed by atoms with Crippen molar-refractivity contribution in [3.05, 3.63) is 89.7 Å². The van der Waals surface area contributed by atoms with Crippen LogP contribution in [0.3, 0.4) is 0 Å². The molecular formula is C33H39N5O2. The van der Waals surface area contributed by atoms with E-state index in [1.807, 2.05) is 18.2 Å². The number of ether oxygens (including phenoxy) is 1. The molecule has 208 valence electrons. The van der Waals surface area contributed by atoms with Crippen LogP contribution in [0.5, 0.6) is 5.75 Å². The Morgan fingerprint density at radius 2 is 1.73 bits per heavy atom. The van der Waals surface area contributed by atoms with Gasteiger partial charge in [-0.05, 0) is 73.8 Å². The first-order valence-corrected chi connectivity index (χ1v) is 14.5. The summed E-state index contributed by atoms with van der Waals surface area (Å²) in [5.41, 5.74) is 5.90. The van der Waals surface area contributed by atoms with Crippen LogP contribution in [0.4, 0.5) is 5.69 Å². The van der Waals surface area contributed by atoms with Gasteiger partial charge in [0.15, 0.2) is 0 Å². The molecule has 4 aromatic rings. The lowest BCUT2D eigenvalue weighted by Crippen LogP contribution is -2.52. The number of aryl methyl sites for hydroxylation is 1. The van der Waals surface area contributed by atoms with Crippen LogP contribution >= 0.6 is 0 Å². The first kappa shape index (κ1) is 26.4. The summed E-state index contributed by atoms with van der Waals surface area (Å²) in [4.78, 5) is 25.6. The lowest BCUT2D eigenvalue weighted by atomic mass is 9.96. The maximum atomic E-state index is 13.6. The van der Waals surface area contributed by atoms with Crippen molar-refractivity contribution >= 4 is 22.6 Å². The first-order chi connectivity index (χ1) is 19.6. The Labute approximate surface area is 237 Å². The molecule has 2 fully saturated rings. The van der Waals surface area contributed by atoms with E-state index < -0.39 is 0 Å². The van der Waals surface area contributed by atoms with Crippen LogP contribution in [0.1, 0.15) is 29.8 Å². The van der Waals surface area contributed by atoms with Gasteiger partial charge in [0, 0.05) is 45.0 Å². The number of nitrogens with zero attached hydrogens (tertiary/aromatic N) is 5. The fourth-order valence-electron chi connectivity index (χ4n) is 6.20. The molecule has 0 radical (unpaired) electrons. The molecule has 40 heavy (non-hydrogen) atoms. The third kappa shape index (κ3) is 5.70. The number of hydrogen-bond donors (Lipinski definition) is 0. The molecule has 1 aromatic heterocycles. The van der Waals surface area contributed by atoms with Gasteiger partial charge in [0.05, 0.1) is 30.6 Å². The number of benzene rings is 3. The quantitative estimate of drug-likeness (QED) is 0.334. The molecule has 7 nitrogen and oxygen atoms in total. The van der Waals surface area contributed by atoms with Gasteiger partial charge in [0.25, 0.3) is 0 Å². The highest BCUT2D eigenvalue weighted by Crippen LogP contribution is 2.25. The van der Waals surface area contributed by atoms with Gasteiger partial charge in [-0.15, -0.1) is 0 Å². The number of methoxy groups -OCH3 is 1. The Balaban J connectivity index is 1.12. The number of para-hydroxylation sites is 2. The predicted octanol–water partition coefficient (Wildman–Crippen LogP) is 4.96. The van der Waals surface area contributed by atoms with Crippen LogP contribution in [0.15, 0.2) is 72.8 Å². The number of hydrogen-bond acceptors (Lipinski definition) is 5. The number of fused-ring (bicyclic) bond motifs is 1. The minimum atomic E-state index is 0.0543. The first-order valence-electron chi connectivity index (χ1n) is 14.5. The summed E-state index contributed by atoms with van der Waals surface area (Å²) in [5.74, 6) is 2.29. The van der Waals surface area contributed by atoms with E-state index in [4.69, 9.17) is 9.72 Å². The van der Waals surface area contributed by atoms with E-state index in [1.165, 1.54) is 16.8 Å². The van der Waals surface area contributed by atoms with Crippen LogP contribution in [-0.4, -0.2) is 71.6 Å². The van der Waals surface area contributed by atoms with Crippen LogP contribution < -0.4 is 9.64 Å². The van der Waals surface area contributed by atoms with Gasteiger partial charge in [0.1, 0.15) is 11.6 Å². The average Bonchev–Trinajstić information content (AvgIpc) is 3.33. The molecule has 2 aliphatic heterocycles. The Bertz CT molecular complexity index is 1460. The van der Waals surface area contributed by atoms with Gasteiger partial charge < -0.3 is 19.1 Å². The molecule has 2 aliphatic rings. The molecule has 0 unspecified atom stereocenters. The van der Waals surface area contributed by atoms with Crippen LogP contribution in [-0.2, 0) is 17.9 Å². The summed E-state index contributed by atoms with van der Waals surface area (Å²) in [6.45, 7) is 8.78. The Morgan fingerprint density at radius 1 is 0.925 bits per heavy atom. The lowest BCUT2D eigenvalue weighted by molar-refractivity contribution is -0.137. The number of likely N-dealkylation sites (tertiary alicyclic amines) is 1. The molecule has 0 bridgehead atoms. The maximum absolute atomic E-state index is 13.6. The van der Waals surface area contributed by atoms with E-state index >= 15 is 0 Å². The molecule has 0 saturated carbocycles. The zero-order valence-electron chi connectivity index (χ0n) is 23.6. The standard InChI is InChI=1S/C33H39N5O2/c1-25-7-5-9-28(21-25)36-17-19-37(20-18-36)33(39)27-8-6-16-35(23-27)24-32-34-30-10-3-4-11-31(30)38(32)22-26-12-14-29(40-2)15-13-26/h3-5,7,9-15,21,27H,6,8,16-20,22-24H2,1-2H3/t27-/m0/s1. The van der Waals surface area contributed by atoms with E-state index in [9.17, 15) is 4.79 Å². The van der Waals surface area contributed by atoms with E-state index in [1.54, 1.807) is 7.11 Å². The summed E-state index contributed by atoms with van der Waals surface area (Å²) in [6, 6.07) is 25.3. The maximum Gasteiger partial charge on any atom is 0.227 e. The lowest BCUT2D eigenvalue weighted by Gasteiger charge is -2.39. The highest BCUT2D eigenvalue weighted by molar-refractivity contribution is 5.79. The summed E-state index contributed by atoms with van der Waals surface area (Å²) >= 11 is 0. The van der Waals surface area contributed by atoms with Crippen molar-refractivity contribution in [1.82, 2.24) is 19.4 Å². The third-order valence-electron chi connectivity index (χ3n) is 8.41. The number of imidazole rings is 1. The van der Waals surface area contributed by atoms with Crippen LogP contribution in [0.2, 0.25) is 0 Å². The molecule has 1 amide bonds. The molecule has 0 N–H and O–H groups in total. The summed E-state index contributed by atoms with van der Waals surface area (Å²) in [5, 5.41) is 0. The molecule has 0 spiro atoms. The number of piperidine rings is 1. The number of carbonyl (C=O) groups is 1. The van der Waals surface area contributed by atoms with Crippen LogP contribution in [0.25, 0.3) is 11.0 Å². The van der Waals surface area contributed by atoms with Crippen molar-refractivity contribution in [2.24, 2.45) is 5.92 Å². The summed E-state index contributed by atoms with van der Waals surface area (Å²) in [7, 11) is 1.69. The zero-order valence-corrected chi connectivity index (χ0v) is 23.6. The van der Waals surface area contributed by atoms with Gasteiger partial charge in [0.2, 0.25) is 5.91 Å². The van der Waals surface area contributed by atoms with E-state index in [0.717, 1.165) is 87.8 Å². The molecule has 1 atom stereocenters. The topological polar surface area (TPSA) is 53.8 Å². The molecular weight excluding hydrogens is 498 g/mol. The van der Waals surface area contributed by atoms with Gasteiger partial charge in [-0.1, -0.05) is 36.4 Å². The smallest absolute Gasteiger partial charge is 0.227 e. The monoisotopic (exact) mass is 537 g/mol. The van der Waals surface area contributed by atoms with Crippen molar-refractivity contribution < 1.29 is 9.53 Å². The number of anilines is 1. The zero-order chi connectivity index (χ0) is 27.5. The van der Waals surface area contributed by atoms with Crippen molar-refractivity contribution in [2.45, 2.75) is 32.9 Å². The fraction of sp³-hybridized carbons (Fsp3) is 0.394. The van der Waals surface area contributed by atoms with Gasteiger partial charge in [-0.25, -0.2) is 4.98 Å². The van der Waals surface area contributed by atoms with Gasteiger partial charge in [-0.3, -0.25) is 9.69 Å². The predicted molar refractivity (Wildman–Crippen MR) is 160 cm³/mol. The van der Waals surface area contributed by atoms with E-state index in [-0.39, 0.29) is 5.92 Å². The minimum Gasteiger partial charge on any atom is -0.497 e. The number of carbonyl (C=O) groups excluding carboxylic acids is 1. The SMILES string of the molecule is COc1ccc(Cn2c(CN3CCC[C@H](C(=O)N4CCN(c5cccc(C)c5)CC4)C3)nc3ccccc32)cc1. The Morgan fingerprint density at radius 3 is 2.50 bits per heavy atom. The molecule has 3 aromatic carbocycles. The number of aromatic nitrogens is 2. The highest BCUT2D eigenvalue weighted by Gasteiger charge is 2.31. The average molecular weight is 538 g/mol. The second kappa shape index (κ2) is 11.7. The van der Waals surface area contributed by atoms with E-state index in [2.05, 4.69) is 80.8 Å². The Kier molecular flexibility index (Phi) is 7.73. The van der Waals surface area contributed by atoms with Gasteiger partial charge in [-0.2, -0.15) is 0 Å². The summed E-state index contributed by atoms with van der Waals surface area (Å²) < 4.78 is 7.67. The number of piperazine rings is 1. The van der Waals surface area contributed by atoms with E-state index in [0.29, 0.717) is 5.91 Å². The number of rotatable bonds is 7. The molecule has 0 aliphatic carbocycles. The number of amides is 1. The fourth-order valence-corrected chi connectivity index (χ4v) is 6.20. The summed E-state index contributed by atoms with van der Waals surface area (Å²) in [6.07, 6.45) is 2.01. The second-order valence-corrected chi connectivity index (χ2v) is 11.2. The van der Waals surface area contributed by atoms with Gasteiger partial charge >= 0.3 is 0 Å². The second-order valence-electron chi connectivity index (χ2n) is 11.2. The normalized spacial score (nSPS) is 18.3. The van der Waals surface area contributed by atoms with Crippen molar-refractivity contribution in [3.63, 3.8) is 0 Å². The van der Waals surface area contributed by atoms with Crippen molar-refractivity contribution in [2.75, 3.05) is 51.3 Å². The molecule has 2 saturated heterocycles. The highest BCUT2D eigenvalue weighted by atomic mass is 16.5. The minimum absolute atomic E-state index is 0.0543. The van der Waals surface area contributed by atoms with Crippen molar-refractivity contribution in [3.8, 4) is 5.75 Å². The molecule has 6 rings (SSSR count). The Hall–Kier alpha value is -3.84. The molecule has 3 heterocycles. The van der Waals surface area contributed by atoms with Crippen LogP contribution in [0, 0.1) is 12.8 Å². The van der Waals surface area contributed by atoms with Crippen molar-refractivity contribution in [1.29, 1.82) is 0 Å². The third-order valence-corrected chi connectivity index (χ3v) is 8.41. The molecule has 7 heteroatoms. The largest absolute Gasteiger partial charge is 0.497 e.